The van der Waals surface area contributed by atoms with Crippen molar-refractivity contribution in [3.8, 4) is 0 Å². The van der Waals surface area contributed by atoms with Crippen LogP contribution in [0.4, 0.5) is 0 Å². The van der Waals surface area contributed by atoms with Crippen molar-refractivity contribution in [3.63, 3.8) is 0 Å². The van der Waals surface area contributed by atoms with Gasteiger partial charge in [0.2, 0.25) is 0 Å². The SMILES string of the molecule is CCC[C@]1(CO)CCN(C(=O)c2cccc3ncsc23)C[C@@H]1O. The largest absolute Gasteiger partial charge is 0.396 e. The van der Waals surface area contributed by atoms with E-state index in [1.54, 1.807) is 10.4 Å². The van der Waals surface area contributed by atoms with Crippen molar-refractivity contribution in [2.45, 2.75) is 32.3 Å². The molecule has 0 radical (unpaired) electrons. The number of β-amino-alcohol motifs (C(OH)–C–C–N with tert-alkyl or cyclic N) is 1. The standard InChI is InChI=1S/C17H22N2O3S/c1-2-6-17(10-20)7-8-19(9-14(17)21)16(22)12-4-3-5-13-15(12)23-11-18-13/h3-5,11,14,20-21H,2,6-10H2,1H3/t14-,17+/m0/s1. The van der Waals surface area contributed by atoms with Gasteiger partial charge in [0.1, 0.15) is 0 Å². The van der Waals surface area contributed by atoms with Gasteiger partial charge in [0.15, 0.2) is 0 Å². The van der Waals surface area contributed by atoms with Gasteiger partial charge < -0.3 is 15.1 Å². The topological polar surface area (TPSA) is 73.7 Å². The minimum absolute atomic E-state index is 0.0333. The Balaban J connectivity index is 1.81. The molecule has 2 N–H and O–H groups in total. The zero-order chi connectivity index (χ0) is 16.4. The van der Waals surface area contributed by atoms with Crippen LogP contribution in [-0.4, -0.2) is 51.8 Å². The molecule has 1 fully saturated rings. The van der Waals surface area contributed by atoms with Gasteiger partial charge in [0, 0.05) is 18.5 Å². The second-order valence-electron chi connectivity index (χ2n) is 6.29. The molecule has 2 aromatic rings. The fraction of sp³-hybridized carbons (Fsp3) is 0.529. The second-order valence-corrected chi connectivity index (χ2v) is 7.15. The number of aliphatic hydroxyl groups excluding tert-OH is 2. The molecule has 0 unspecified atom stereocenters. The zero-order valence-electron chi connectivity index (χ0n) is 13.2. The number of fused-ring (bicyclic) bond motifs is 1. The molecule has 1 amide bonds. The highest BCUT2D eigenvalue weighted by molar-refractivity contribution is 7.17. The van der Waals surface area contributed by atoms with Gasteiger partial charge in [-0.3, -0.25) is 4.79 Å². The molecule has 1 aliphatic rings. The summed E-state index contributed by atoms with van der Waals surface area (Å²) in [5, 5.41) is 20.3. The maximum Gasteiger partial charge on any atom is 0.255 e. The Hall–Kier alpha value is -1.50. The van der Waals surface area contributed by atoms with Gasteiger partial charge in [-0.25, -0.2) is 4.98 Å². The predicted octanol–water partition coefficient (Wildman–Crippen LogP) is 2.28. The van der Waals surface area contributed by atoms with Crippen LogP contribution in [0.2, 0.25) is 0 Å². The Morgan fingerprint density at radius 1 is 1.52 bits per heavy atom. The molecule has 5 nitrogen and oxygen atoms in total. The third-order valence-electron chi connectivity index (χ3n) is 4.92. The van der Waals surface area contributed by atoms with E-state index in [4.69, 9.17) is 0 Å². The Morgan fingerprint density at radius 3 is 3.04 bits per heavy atom. The third-order valence-corrected chi connectivity index (χ3v) is 5.79. The number of benzene rings is 1. The first kappa shape index (κ1) is 16.4. The minimum Gasteiger partial charge on any atom is -0.396 e. The molecule has 0 saturated carbocycles. The van der Waals surface area contributed by atoms with Crippen LogP contribution in [0, 0.1) is 5.41 Å². The van der Waals surface area contributed by atoms with E-state index in [1.165, 1.54) is 11.3 Å². The summed E-state index contributed by atoms with van der Waals surface area (Å²) in [6.45, 7) is 2.85. The summed E-state index contributed by atoms with van der Waals surface area (Å²) in [6, 6.07) is 5.55. The van der Waals surface area contributed by atoms with Crippen LogP contribution in [0.15, 0.2) is 23.7 Å². The maximum atomic E-state index is 12.8. The van der Waals surface area contributed by atoms with Crippen LogP contribution >= 0.6 is 11.3 Å². The summed E-state index contributed by atoms with van der Waals surface area (Å²) in [4.78, 5) is 18.8. The van der Waals surface area contributed by atoms with Crippen molar-refractivity contribution in [1.29, 1.82) is 0 Å². The van der Waals surface area contributed by atoms with Gasteiger partial charge in [-0.15, -0.1) is 11.3 Å². The summed E-state index contributed by atoms with van der Waals surface area (Å²) < 4.78 is 0.888. The van der Waals surface area contributed by atoms with Gasteiger partial charge in [-0.05, 0) is 25.0 Å². The normalized spacial score (nSPS) is 25.0. The molecule has 0 bridgehead atoms. The molecule has 1 aliphatic heterocycles. The number of aromatic nitrogens is 1. The number of piperidine rings is 1. The Bertz CT molecular complexity index is 702. The molecule has 0 spiro atoms. The molecule has 6 heteroatoms. The number of nitrogens with zero attached hydrogens (tertiary/aromatic N) is 2. The van der Waals surface area contributed by atoms with Crippen molar-refractivity contribution in [2.75, 3.05) is 19.7 Å². The highest BCUT2D eigenvalue weighted by Gasteiger charge is 2.42. The van der Waals surface area contributed by atoms with Crippen LogP contribution in [0.5, 0.6) is 0 Å². The average Bonchev–Trinajstić information content (AvgIpc) is 3.05. The molecule has 1 aromatic carbocycles. The summed E-state index contributed by atoms with van der Waals surface area (Å²) in [6.07, 6.45) is 1.62. The number of aliphatic hydroxyl groups is 2. The Morgan fingerprint density at radius 2 is 2.35 bits per heavy atom. The first-order valence-electron chi connectivity index (χ1n) is 8.01. The summed E-state index contributed by atoms with van der Waals surface area (Å²) in [7, 11) is 0. The predicted molar refractivity (Wildman–Crippen MR) is 90.6 cm³/mol. The van der Waals surface area contributed by atoms with Crippen molar-refractivity contribution < 1.29 is 15.0 Å². The number of carbonyl (C=O) groups excluding carboxylic acids is 1. The number of likely N-dealkylation sites (tertiary alicyclic amines) is 1. The lowest BCUT2D eigenvalue weighted by atomic mass is 9.73. The van der Waals surface area contributed by atoms with Crippen LogP contribution in [-0.2, 0) is 0 Å². The number of hydrogen-bond acceptors (Lipinski definition) is 5. The molecule has 23 heavy (non-hydrogen) atoms. The first-order valence-corrected chi connectivity index (χ1v) is 8.89. The van der Waals surface area contributed by atoms with Crippen LogP contribution in [0.1, 0.15) is 36.5 Å². The van der Waals surface area contributed by atoms with Crippen molar-refractivity contribution in [1.82, 2.24) is 9.88 Å². The fourth-order valence-electron chi connectivity index (χ4n) is 3.48. The monoisotopic (exact) mass is 334 g/mol. The van der Waals surface area contributed by atoms with Crippen molar-refractivity contribution >= 4 is 27.5 Å². The molecular weight excluding hydrogens is 312 g/mol. The van der Waals surface area contributed by atoms with Gasteiger partial charge >= 0.3 is 0 Å². The lowest BCUT2D eigenvalue weighted by molar-refractivity contribution is -0.0713. The van der Waals surface area contributed by atoms with Gasteiger partial charge in [-0.2, -0.15) is 0 Å². The van der Waals surface area contributed by atoms with E-state index in [1.807, 2.05) is 25.1 Å². The quantitative estimate of drug-likeness (QED) is 0.900. The van der Waals surface area contributed by atoms with Crippen LogP contribution in [0.3, 0.4) is 0 Å². The molecule has 2 atom stereocenters. The summed E-state index contributed by atoms with van der Waals surface area (Å²) in [5.74, 6) is -0.0676. The molecule has 3 rings (SSSR count). The molecule has 2 heterocycles. The van der Waals surface area contributed by atoms with Gasteiger partial charge in [0.05, 0.1) is 34.0 Å². The smallest absolute Gasteiger partial charge is 0.255 e. The zero-order valence-corrected chi connectivity index (χ0v) is 14.1. The second kappa shape index (κ2) is 6.55. The van der Waals surface area contributed by atoms with Crippen molar-refractivity contribution in [2.24, 2.45) is 5.41 Å². The molecular formula is C17H22N2O3S. The summed E-state index contributed by atoms with van der Waals surface area (Å²) >= 11 is 1.46. The van der Waals surface area contributed by atoms with E-state index in [9.17, 15) is 15.0 Å². The van der Waals surface area contributed by atoms with E-state index in [0.29, 0.717) is 18.5 Å². The number of hydrogen-bond donors (Lipinski definition) is 2. The van der Waals surface area contributed by atoms with E-state index >= 15 is 0 Å². The summed E-state index contributed by atoms with van der Waals surface area (Å²) in [5.41, 5.74) is 2.74. The number of rotatable bonds is 4. The first-order chi connectivity index (χ1) is 11.1. The fourth-order valence-corrected chi connectivity index (χ4v) is 4.28. The van der Waals surface area contributed by atoms with E-state index in [0.717, 1.165) is 23.1 Å². The Labute approximate surface area is 139 Å². The highest BCUT2D eigenvalue weighted by atomic mass is 32.1. The number of carbonyl (C=O) groups is 1. The molecule has 1 aromatic heterocycles. The highest BCUT2D eigenvalue weighted by Crippen LogP contribution is 2.36. The number of thiazole rings is 1. The molecule has 0 aliphatic carbocycles. The number of amides is 1. The van der Waals surface area contributed by atoms with E-state index in [2.05, 4.69) is 4.98 Å². The van der Waals surface area contributed by atoms with Crippen LogP contribution in [0.25, 0.3) is 10.2 Å². The van der Waals surface area contributed by atoms with Gasteiger partial charge in [0.25, 0.3) is 5.91 Å². The van der Waals surface area contributed by atoms with E-state index < -0.39 is 11.5 Å². The third kappa shape index (κ3) is 2.86. The van der Waals surface area contributed by atoms with E-state index in [-0.39, 0.29) is 19.1 Å². The minimum atomic E-state index is -0.689. The maximum absolute atomic E-state index is 12.8. The van der Waals surface area contributed by atoms with Crippen LogP contribution < -0.4 is 0 Å². The van der Waals surface area contributed by atoms with Crippen molar-refractivity contribution in [3.05, 3.63) is 29.3 Å². The Kier molecular flexibility index (Phi) is 4.66. The molecule has 1 saturated heterocycles. The lowest BCUT2D eigenvalue weighted by Gasteiger charge is -2.44. The lowest BCUT2D eigenvalue weighted by Crippen LogP contribution is -2.54. The average molecular weight is 334 g/mol. The molecule has 124 valence electrons. The van der Waals surface area contributed by atoms with Gasteiger partial charge in [-0.1, -0.05) is 19.4 Å².